The summed E-state index contributed by atoms with van der Waals surface area (Å²) in [5.74, 6) is 0.853. The summed E-state index contributed by atoms with van der Waals surface area (Å²) in [5.41, 5.74) is 0. The van der Waals surface area contributed by atoms with E-state index in [1.807, 2.05) is 0 Å². The van der Waals surface area contributed by atoms with E-state index < -0.39 is 19.8 Å². The first-order chi connectivity index (χ1) is 8.85. The van der Waals surface area contributed by atoms with Gasteiger partial charge in [-0.05, 0) is 0 Å². The van der Waals surface area contributed by atoms with E-state index in [1.165, 1.54) is 57.8 Å². The molecule has 0 aromatic heterocycles. The molecule has 0 saturated heterocycles. The first-order valence-electron chi connectivity index (χ1n) is 8.24. The van der Waals surface area contributed by atoms with Gasteiger partial charge in [0, 0.05) is 0 Å². The third kappa shape index (κ3) is 13.5. The van der Waals surface area contributed by atoms with Crippen molar-refractivity contribution < 1.29 is 0 Å². The van der Waals surface area contributed by atoms with Gasteiger partial charge >= 0.3 is 129 Å². The van der Waals surface area contributed by atoms with Crippen molar-refractivity contribution in [3.8, 4) is 0 Å². The molecule has 0 fully saturated rings. The van der Waals surface area contributed by atoms with Gasteiger partial charge in [-0.15, -0.1) is 0 Å². The van der Waals surface area contributed by atoms with Gasteiger partial charge in [-0.25, -0.2) is 0 Å². The number of halogens is 1. The average Bonchev–Trinajstić information content (AvgIpc) is 2.40. The van der Waals surface area contributed by atoms with Crippen molar-refractivity contribution in [2.24, 2.45) is 0 Å². The van der Waals surface area contributed by atoms with Crippen molar-refractivity contribution in [1.82, 2.24) is 0 Å². The summed E-state index contributed by atoms with van der Waals surface area (Å²) in [6.07, 6.45) is 14.3. The van der Waals surface area contributed by atoms with Crippen molar-refractivity contribution in [1.29, 1.82) is 0 Å². The molecule has 0 aliphatic rings. The molecule has 109 valence electrons. The van der Waals surface area contributed by atoms with E-state index in [4.69, 9.17) is 11.6 Å². The van der Waals surface area contributed by atoms with Crippen LogP contribution >= 0.6 is 11.6 Å². The molecule has 0 atom stereocenters. The van der Waals surface area contributed by atoms with Crippen molar-refractivity contribution >= 4 is 31.4 Å². The van der Waals surface area contributed by atoms with Crippen LogP contribution in [0.2, 0.25) is 13.3 Å². The Morgan fingerprint density at radius 2 is 1.06 bits per heavy atom. The summed E-state index contributed by atoms with van der Waals surface area (Å²) < 4.78 is 5.02. The average molecular weight is 381 g/mol. The second-order valence-corrected chi connectivity index (χ2v) is 14.5. The van der Waals surface area contributed by atoms with E-state index in [9.17, 15) is 0 Å². The second kappa shape index (κ2) is 16.1. The molecule has 0 spiro atoms. The van der Waals surface area contributed by atoms with Gasteiger partial charge in [0.25, 0.3) is 0 Å². The summed E-state index contributed by atoms with van der Waals surface area (Å²) in [6.45, 7) is 4.69. The fourth-order valence-electron chi connectivity index (χ4n) is 2.41. The molecule has 0 bridgehead atoms. The molecule has 0 amide bonds. The van der Waals surface area contributed by atoms with Crippen LogP contribution in [0.5, 0.6) is 0 Å². The number of unbranched alkanes of at least 4 members (excludes halogenated alkanes) is 7. The van der Waals surface area contributed by atoms with Gasteiger partial charge in [0.2, 0.25) is 0 Å². The zero-order chi connectivity index (χ0) is 13.5. The SMILES string of the molecule is CCC[CH2][Sn]([CH2]CCC)[CH2]CCCCCCCCl. The Bertz CT molecular complexity index is 142. The van der Waals surface area contributed by atoms with Crippen LogP contribution in [-0.2, 0) is 0 Å². The molecule has 0 aromatic rings. The van der Waals surface area contributed by atoms with Crippen molar-refractivity contribution in [3.05, 3.63) is 0 Å². The molecule has 0 heterocycles. The van der Waals surface area contributed by atoms with Crippen LogP contribution < -0.4 is 0 Å². The van der Waals surface area contributed by atoms with Crippen LogP contribution in [-0.4, -0.2) is 25.6 Å². The van der Waals surface area contributed by atoms with Gasteiger partial charge in [0.05, 0.1) is 0 Å². The van der Waals surface area contributed by atoms with Gasteiger partial charge < -0.3 is 0 Å². The summed E-state index contributed by atoms with van der Waals surface area (Å²) in [5, 5.41) is 0. The Balaban J connectivity index is 3.43. The monoisotopic (exact) mass is 381 g/mol. The topological polar surface area (TPSA) is 0 Å². The molecule has 0 N–H and O–H groups in total. The number of hydrogen-bond donors (Lipinski definition) is 0. The predicted molar refractivity (Wildman–Crippen MR) is 88.4 cm³/mol. The molecule has 0 nitrogen and oxygen atoms in total. The molecule has 0 unspecified atom stereocenters. The molecule has 1 radical (unpaired) electrons. The van der Waals surface area contributed by atoms with Crippen molar-refractivity contribution in [2.45, 2.75) is 91.4 Å². The Hall–Kier alpha value is 1.09. The number of rotatable bonds is 14. The minimum absolute atomic E-state index is 0.853. The Kier molecular flexibility index (Phi) is 17.1. The standard InChI is InChI=1S/C8H16Cl.2C4H9.Sn/c1-2-3-4-5-6-7-8-9;2*1-3-4-2;/h1-8H2;2*1,3-4H2,2H3;. The Morgan fingerprint density at radius 1 is 0.611 bits per heavy atom. The quantitative estimate of drug-likeness (QED) is 0.179. The van der Waals surface area contributed by atoms with Gasteiger partial charge in [0.1, 0.15) is 0 Å². The van der Waals surface area contributed by atoms with Crippen LogP contribution in [0.25, 0.3) is 0 Å². The van der Waals surface area contributed by atoms with Crippen molar-refractivity contribution in [3.63, 3.8) is 0 Å². The predicted octanol–water partition coefficient (Wildman–Crippen LogP) is 6.66. The fraction of sp³-hybridized carbons (Fsp3) is 1.00. The van der Waals surface area contributed by atoms with Crippen molar-refractivity contribution in [2.75, 3.05) is 5.88 Å². The van der Waals surface area contributed by atoms with Gasteiger partial charge in [-0.3, -0.25) is 0 Å². The third-order valence-corrected chi connectivity index (χ3v) is 13.0. The number of alkyl halides is 1. The van der Waals surface area contributed by atoms with Crippen LogP contribution in [0.3, 0.4) is 0 Å². The Morgan fingerprint density at radius 3 is 1.56 bits per heavy atom. The van der Waals surface area contributed by atoms with E-state index >= 15 is 0 Å². The molecule has 18 heavy (non-hydrogen) atoms. The second-order valence-electron chi connectivity index (χ2n) is 5.52. The molecule has 0 rings (SSSR count). The molecular weight excluding hydrogens is 346 g/mol. The molecule has 0 saturated carbocycles. The zero-order valence-corrected chi connectivity index (χ0v) is 16.4. The van der Waals surface area contributed by atoms with Gasteiger partial charge in [0.15, 0.2) is 0 Å². The normalized spacial score (nSPS) is 11.3. The summed E-state index contributed by atoms with van der Waals surface area (Å²) in [4.78, 5) is 0. The molecular formula is C16H34ClSn. The first kappa shape index (κ1) is 19.1. The number of hydrogen-bond acceptors (Lipinski definition) is 0. The molecule has 0 aromatic carbocycles. The summed E-state index contributed by atoms with van der Waals surface area (Å²) in [7, 11) is 0. The Labute approximate surface area is 128 Å². The maximum atomic E-state index is 5.69. The van der Waals surface area contributed by atoms with Crippen LogP contribution in [0, 0.1) is 0 Å². The van der Waals surface area contributed by atoms with Gasteiger partial charge in [-0.2, -0.15) is 0 Å². The van der Waals surface area contributed by atoms with Crippen LogP contribution in [0.1, 0.15) is 78.1 Å². The summed E-state index contributed by atoms with van der Waals surface area (Å²) >= 11 is 4.76. The third-order valence-electron chi connectivity index (χ3n) is 3.68. The molecule has 0 aliphatic heterocycles. The van der Waals surface area contributed by atoms with E-state index in [-0.39, 0.29) is 0 Å². The van der Waals surface area contributed by atoms with Crippen LogP contribution in [0.4, 0.5) is 0 Å². The first-order valence-corrected chi connectivity index (χ1v) is 14.8. The fourth-order valence-corrected chi connectivity index (χ4v) is 11.7. The van der Waals surface area contributed by atoms with E-state index in [2.05, 4.69) is 13.8 Å². The minimum atomic E-state index is -0.928. The molecule has 0 aliphatic carbocycles. The molecule has 2 heteroatoms. The van der Waals surface area contributed by atoms with E-state index in [0.717, 1.165) is 5.88 Å². The zero-order valence-electron chi connectivity index (χ0n) is 12.8. The van der Waals surface area contributed by atoms with Crippen LogP contribution in [0.15, 0.2) is 0 Å². The maximum absolute atomic E-state index is 5.69. The van der Waals surface area contributed by atoms with E-state index in [1.54, 1.807) is 19.7 Å². The van der Waals surface area contributed by atoms with Gasteiger partial charge in [-0.1, -0.05) is 0 Å². The van der Waals surface area contributed by atoms with E-state index in [0.29, 0.717) is 0 Å². The summed E-state index contributed by atoms with van der Waals surface area (Å²) in [6, 6.07) is 0.